The molecule has 0 saturated heterocycles. The monoisotopic (exact) mass is 644 g/mol. The molecule has 0 saturated carbocycles. The molecule has 0 aromatic heterocycles. The molecule has 1 aliphatic rings. The van der Waals surface area contributed by atoms with Crippen molar-refractivity contribution < 1.29 is 53.0 Å². The fraction of sp³-hybridized carbons (Fsp3) is 0.269. The van der Waals surface area contributed by atoms with Crippen molar-refractivity contribution in [2.45, 2.75) is 41.5 Å². The SMILES string of the molecule is CS(=O)(=O)c1ccc(-c2ccc(C3CC(C(O)(C(F)(F)F)C(F)(F)F)=NN3c3ccccc3Cl)cc2)c(C(F)(F)F)c1. The van der Waals surface area contributed by atoms with Crippen LogP contribution in [0.15, 0.2) is 76.7 Å². The molecule has 226 valence electrons. The van der Waals surface area contributed by atoms with Gasteiger partial charge in [-0.25, -0.2) is 8.42 Å². The molecule has 0 aliphatic carbocycles. The number of hydrazone groups is 1. The standard InChI is InChI=1S/C26H18ClF9N2O3S/c1-42(40,41)16-10-11-17(18(12-16)24(28,29)30)14-6-8-15(9-7-14)21-13-22(23(39,25(31,32)33)26(34,35)36)37-38(21)20-5-3-2-4-19(20)27/h2-12,21,39H,13H2,1H3. The average Bonchev–Trinajstić information content (AvgIpc) is 3.31. The average molecular weight is 645 g/mol. The normalized spacial score (nSPS) is 17.0. The highest BCUT2D eigenvalue weighted by molar-refractivity contribution is 7.90. The highest BCUT2D eigenvalue weighted by Crippen LogP contribution is 2.49. The lowest BCUT2D eigenvalue weighted by Crippen LogP contribution is -2.62. The van der Waals surface area contributed by atoms with Crippen LogP contribution in [-0.2, 0) is 16.0 Å². The fourth-order valence-electron chi connectivity index (χ4n) is 4.46. The molecule has 0 fully saturated rings. The molecule has 1 heterocycles. The summed E-state index contributed by atoms with van der Waals surface area (Å²) in [6.45, 7) is 0. The van der Waals surface area contributed by atoms with Gasteiger partial charge in [-0.2, -0.15) is 44.6 Å². The number of anilines is 1. The Morgan fingerprint density at radius 3 is 1.95 bits per heavy atom. The lowest BCUT2D eigenvalue weighted by atomic mass is 9.89. The minimum atomic E-state index is -6.19. The molecule has 0 spiro atoms. The number of alkyl halides is 9. The number of nitrogens with zero attached hydrogens (tertiary/aromatic N) is 2. The Labute approximate surface area is 237 Å². The van der Waals surface area contributed by atoms with E-state index in [4.69, 9.17) is 11.6 Å². The summed E-state index contributed by atoms with van der Waals surface area (Å²) in [6, 6.07) is 11.0. The quantitative estimate of drug-likeness (QED) is 0.291. The Balaban J connectivity index is 1.81. The number of benzene rings is 3. The first-order valence-corrected chi connectivity index (χ1v) is 13.9. The lowest BCUT2D eigenvalue weighted by molar-refractivity contribution is -0.338. The molecular weight excluding hydrogens is 627 g/mol. The van der Waals surface area contributed by atoms with Crippen molar-refractivity contribution in [3.8, 4) is 11.1 Å². The second kappa shape index (κ2) is 10.5. The van der Waals surface area contributed by atoms with Crippen molar-refractivity contribution in [2.24, 2.45) is 5.10 Å². The minimum Gasteiger partial charge on any atom is -0.369 e. The van der Waals surface area contributed by atoms with Gasteiger partial charge in [0.15, 0.2) is 9.84 Å². The molecule has 0 bridgehead atoms. The van der Waals surface area contributed by atoms with Gasteiger partial charge in [0.1, 0.15) is 0 Å². The van der Waals surface area contributed by atoms with Crippen LogP contribution in [0, 0.1) is 0 Å². The minimum absolute atomic E-state index is 0.0328. The maximum atomic E-state index is 13.8. The van der Waals surface area contributed by atoms with E-state index >= 15 is 0 Å². The van der Waals surface area contributed by atoms with Crippen LogP contribution >= 0.6 is 11.6 Å². The zero-order valence-corrected chi connectivity index (χ0v) is 22.6. The van der Waals surface area contributed by atoms with Crippen molar-refractivity contribution in [2.75, 3.05) is 11.3 Å². The van der Waals surface area contributed by atoms with Gasteiger partial charge in [-0.1, -0.05) is 54.1 Å². The van der Waals surface area contributed by atoms with Crippen LogP contribution in [0.25, 0.3) is 11.1 Å². The highest BCUT2D eigenvalue weighted by Gasteiger charge is 2.74. The second-order valence-electron chi connectivity index (χ2n) is 9.37. The van der Waals surface area contributed by atoms with Gasteiger partial charge < -0.3 is 5.11 Å². The van der Waals surface area contributed by atoms with Gasteiger partial charge in [0.2, 0.25) is 0 Å². The van der Waals surface area contributed by atoms with Crippen LogP contribution in [0.1, 0.15) is 23.6 Å². The number of rotatable bonds is 5. The predicted octanol–water partition coefficient (Wildman–Crippen LogP) is 7.59. The van der Waals surface area contributed by atoms with Crippen LogP contribution in [0.2, 0.25) is 5.02 Å². The van der Waals surface area contributed by atoms with E-state index in [2.05, 4.69) is 5.10 Å². The summed E-state index contributed by atoms with van der Waals surface area (Å²) >= 11 is 6.14. The summed E-state index contributed by atoms with van der Waals surface area (Å²) in [6.07, 6.45) is -17.7. The lowest BCUT2D eigenvalue weighted by Gasteiger charge is -2.32. The van der Waals surface area contributed by atoms with E-state index in [-0.39, 0.29) is 21.8 Å². The molecule has 1 N–H and O–H groups in total. The van der Waals surface area contributed by atoms with Crippen LogP contribution in [0.3, 0.4) is 0 Å². The third-order valence-corrected chi connectivity index (χ3v) is 8.01. The largest absolute Gasteiger partial charge is 0.431 e. The summed E-state index contributed by atoms with van der Waals surface area (Å²) in [5.41, 5.74) is -8.78. The van der Waals surface area contributed by atoms with Crippen molar-refractivity contribution >= 4 is 32.8 Å². The van der Waals surface area contributed by atoms with Crippen LogP contribution in [0.4, 0.5) is 45.2 Å². The summed E-state index contributed by atoms with van der Waals surface area (Å²) in [4.78, 5) is -0.581. The molecule has 0 radical (unpaired) electrons. The molecule has 1 aliphatic heterocycles. The van der Waals surface area contributed by atoms with Crippen molar-refractivity contribution in [1.82, 2.24) is 0 Å². The van der Waals surface area contributed by atoms with Crippen molar-refractivity contribution in [3.63, 3.8) is 0 Å². The van der Waals surface area contributed by atoms with E-state index < -0.39 is 68.2 Å². The predicted molar refractivity (Wildman–Crippen MR) is 136 cm³/mol. The molecular formula is C26H18ClF9N2O3S. The zero-order chi connectivity index (χ0) is 31.5. The van der Waals surface area contributed by atoms with E-state index in [1.54, 1.807) is 0 Å². The molecule has 5 nitrogen and oxygen atoms in total. The Hall–Kier alpha value is -3.30. The summed E-state index contributed by atoms with van der Waals surface area (Å²) in [7, 11) is -3.99. The third kappa shape index (κ3) is 5.69. The van der Waals surface area contributed by atoms with E-state index in [1.165, 1.54) is 36.4 Å². The molecule has 4 rings (SSSR count). The molecule has 1 unspecified atom stereocenters. The maximum absolute atomic E-state index is 13.8. The topological polar surface area (TPSA) is 70.0 Å². The first-order valence-electron chi connectivity index (χ1n) is 11.7. The van der Waals surface area contributed by atoms with E-state index in [0.717, 1.165) is 35.5 Å². The first kappa shape index (κ1) is 31.6. The van der Waals surface area contributed by atoms with Crippen LogP contribution in [-0.4, -0.2) is 43.4 Å². The van der Waals surface area contributed by atoms with Gasteiger partial charge in [-0.15, -0.1) is 0 Å². The number of para-hydroxylation sites is 1. The summed E-state index contributed by atoms with van der Waals surface area (Å²) in [5, 5.41) is 14.2. The van der Waals surface area contributed by atoms with Gasteiger partial charge in [-0.3, -0.25) is 5.01 Å². The van der Waals surface area contributed by atoms with E-state index in [1.807, 2.05) is 0 Å². The zero-order valence-electron chi connectivity index (χ0n) is 21.0. The second-order valence-corrected chi connectivity index (χ2v) is 11.8. The Bertz CT molecular complexity index is 1620. The van der Waals surface area contributed by atoms with Gasteiger partial charge in [0.25, 0.3) is 5.60 Å². The molecule has 1 atom stereocenters. The first-order chi connectivity index (χ1) is 19.2. The number of halogens is 10. The van der Waals surface area contributed by atoms with Gasteiger partial charge >= 0.3 is 18.5 Å². The van der Waals surface area contributed by atoms with E-state index in [0.29, 0.717) is 6.07 Å². The number of aliphatic hydroxyl groups is 1. The molecule has 3 aromatic rings. The maximum Gasteiger partial charge on any atom is 0.431 e. The number of sulfone groups is 1. The molecule has 16 heteroatoms. The van der Waals surface area contributed by atoms with Crippen LogP contribution < -0.4 is 5.01 Å². The van der Waals surface area contributed by atoms with Gasteiger partial charge in [-0.05, 0) is 41.0 Å². The highest BCUT2D eigenvalue weighted by atomic mass is 35.5. The van der Waals surface area contributed by atoms with Gasteiger partial charge in [0, 0.05) is 12.7 Å². The number of hydrogen-bond acceptors (Lipinski definition) is 5. The molecule has 0 amide bonds. The number of hydrogen-bond donors (Lipinski definition) is 1. The smallest absolute Gasteiger partial charge is 0.369 e. The molecule has 3 aromatic carbocycles. The van der Waals surface area contributed by atoms with Crippen molar-refractivity contribution in [1.29, 1.82) is 0 Å². The van der Waals surface area contributed by atoms with Crippen LogP contribution in [0.5, 0.6) is 0 Å². The Morgan fingerprint density at radius 1 is 0.881 bits per heavy atom. The fourth-order valence-corrected chi connectivity index (χ4v) is 5.33. The Morgan fingerprint density at radius 2 is 1.45 bits per heavy atom. The van der Waals surface area contributed by atoms with E-state index in [9.17, 15) is 53.0 Å². The summed E-state index contributed by atoms with van der Waals surface area (Å²) < 4.78 is 147. The molecule has 42 heavy (non-hydrogen) atoms. The third-order valence-electron chi connectivity index (χ3n) is 6.58. The summed E-state index contributed by atoms with van der Waals surface area (Å²) in [5.74, 6) is 0. The van der Waals surface area contributed by atoms with Crippen molar-refractivity contribution in [3.05, 3.63) is 82.9 Å². The Kier molecular flexibility index (Phi) is 7.87. The van der Waals surface area contributed by atoms with Gasteiger partial charge in [0.05, 0.1) is 32.9 Å².